The molecule has 2 aromatic heterocycles. The summed E-state index contributed by atoms with van der Waals surface area (Å²) >= 11 is 0. The van der Waals surface area contributed by atoms with Crippen molar-refractivity contribution in [1.29, 1.82) is 5.26 Å². The van der Waals surface area contributed by atoms with Crippen LogP contribution in [0.2, 0.25) is 0 Å². The lowest BCUT2D eigenvalue weighted by Crippen LogP contribution is -2.44. The van der Waals surface area contributed by atoms with Crippen molar-refractivity contribution in [3.05, 3.63) is 18.0 Å². The quantitative estimate of drug-likeness (QED) is 0.772. The van der Waals surface area contributed by atoms with Gasteiger partial charge in [-0.15, -0.1) is 0 Å². The number of fused-ring (bicyclic) bond motifs is 1. The Morgan fingerprint density at radius 2 is 2.17 bits per heavy atom. The van der Waals surface area contributed by atoms with Crippen molar-refractivity contribution >= 4 is 22.7 Å². The molecule has 4 N–H and O–H groups in total. The van der Waals surface area contributed by atoms with E-state index >= 15 is 0 Å². The van der Waals surface area contributed by atoms with Crippen LogP contribution in [-0.2, 0) is 0 Å². The van der Waals surface area contributed by atoms with E-state index in [-0.39, 0.29) is 6.04 Å². The molecule has 3 rings (SSSR count). The van der Waals surface area contributed by atoms with Crippen molar-refractivity contribution in [2.45, 2.75) is 38.8 Å². The third-order valence-electron chi connectivity index (χ3n) is 3.87. The second-order valence-corrected chi connectivity index (χ2v) is 6.45. The summed E-state index contributed by atoms with van der Waals surface area (Å²) in [7, 11) is 0. The topological polar surface area (TPSA) is 113 Å². The smallest absolute Gasteiger partial charge is 0.223 e. The first-order valence-corrected chi connectivity index (χ1v) is 7.89. The summed E-state index contributed by atoms with van der Waals surface area (Å²) in [5.41, 5.74) is 6.89. The lowest BCUT2D eigenvalue weighted by atomic mass is 9.88. The molecule has 0 saturated heterocycles. The average molecular weight is 311 g/mol. The number of aromatic nitrogens is 3. The number of rotatable bonds is 5. The van der Waals surface area contributed by atoms with Gasteiger partial charge in [0.1, 0.15) is 17.3 Å². The molecular formula is C16H21N7. The van der Waals surface area contributed by atoms with E-state index in [1.54, 1.807) is 12.3 Å². The van der Waals surface area contributed by atoms with E-state index in [4.69, 9.17) is 11.0 Å². The zero-order valence-electron chi connectivity index (χ0n) is 13.4. The van der Waals surface area contributed by atoms with Crippen LogP contribution in [0.3, 0.4) is 0 Å². The third kappa shape index (κ3) is 3.48. The maximum Gasteiger partial charge on any atom is 0.223 e. The van der Waals surface area contributed by atoms with E-state index in [0.717, 1.165) is 30.3 Å². The molecule has 1 fully saturated rings. The molecule has 0 atom stereocenters. The van der Waals surface area contributed by atoms with Gasteiger partial charge in [0.25, 0.3) is 0 Å². The van der Waals surface area contributed by atoms with Crippen LogP contribution in [0.25, 0.3) is 10.9 Å². The molecule has 0 bridgehead atoms. The van der Waals surface area contributed by atoms with E-state index < -0.39 is 0 Å². The highest BCUT2D eigenvalue weighted by molar-refractivity contribution is 5.89. The summed E-state index contributed by atoms with van der Waals surface area (Å²) < 4.78 is 0. The van der Waals surface area contributed by atoms with Crippen LogP contribution in [0.5, 0.6) is 0 Å². The predicted molar refractivity (Wildman–Crippen MR) is 90.0 cm³/mol. The Hall–Kier alpha value is -2.46. The van der Waals surface area contributed by atoms with E-state index in [1.165, 1.54) is 0 Å². The zero-order valence-corrected chi connectivity index (χ0v) is 13.4. The Kier molecular flexibility index (Phi) is 4.26. The Morgan fingerprint density at radius 3 is 2.83 bits per heavy atom. The SMILES string of the molecule is CC(C)CNc1nc(C#N)cc2cnc(NC3CC(N)C3)nc12. The maximum atomic E-state index is 9.13. The average Bonchev–Trinajstić information content (AvgIpc) is 2.50. The lowest BCUT2D eigenvalue weighted by Gasteiger charge is -2.32. The minimum absolute atomic E-state index is 0.274. The molecule has 7 nitrogen and oxygen atoms in total. The first kappa shape index (κ1) is 15.4. The third-order valence-corrected chi connectivity index (χ3v) is 3.87. The van der Waals surface area contributed by atoms with Crippen molar-refractivity contribution in [1.82, 2.24) is 15.0 Å². The fourth-order valence-electron chi connectivity index (χ4n) is 2.55. The van der Waals surface area contributed by atoms with E-state index in [2.05, 4.69) is 45.5 Å². The van der Waals surface area contributed by atoms with Gasteiger partial charge in [0.15, 0.2) is 5.82 Å². The van der Waals surface area contributed by atoms with Gasteiger partial charge in [-0.1, -0.05) is 13.8 Å². The fourth-order valence-corrected chi connectivity index (χ4v) is 2.55. The zero-order chi connectivity index (χ0) is 16.4. The van der Waals surface area contributed by atoms with Crippen molar-refractivity contribution in [2.75, 3.05) is 17.2 Å². The number of nitrogens with two attached hydrogens (primary N) is 1. The number of nitrogens with zero attached hydrogens (tertiary/aromatic N) is 4. The van der Waals surface area contributed by atoms with Gasteiger partial charge in [0.2, 0.25) is 5.95 Å². The lowest BCUT2D eigenvalue weighted by molar-refractivity contribution is 0.372. The minimum atomic E-state index is 0.274. The monoisotopic (exact) mass is 311 g/mol. The Bertz CT molecular complexity index is 744. The van der Waals surface area contributed by atoms with Gasteiger partial charge in [-0.3, -0.25) is 0 Å². The van der Waals surface area contributed by atoms with Crippen LogP contribution in [-0.4, -0.2) is 33.6 Å². The molecule has 0 aliphatic heterocycles. The molecule has 1 aliphatic carbocycles. The van der Waals surface area contributed by atoms with Crippen molar-refractivity contribution < 1.29 is 0 Å². The highest BCUT2D eigenvalue weighted by Crippen LogP contribution is 2.24. The van der Waals surface area contributed by atoms with Crippen LogP contribution in [0.15, 0.2) is 12.3 Å². The van der Waals surface area contributed by atoms with Gasteiger partial charge in [-0.25, -0.2) is 15.0 Å². The number of anilines is 2. The van der Waals surface area contributed by atoms with Crippen LogP contribution < -0.4 is 16.4 Å². The largest absolute Gasteiger partial charge is 0.368 e. The first-order valence-electron chi connectivity index (χ1n) is 7.89. The van der Waals surface area contributed by atoms with E-state index in [1.807, 2.05) is 0 Å². The highest BCUT2D eigenvalue weighted by atomic mass is 15.1. The molecule has 1 aliphatic rings. The summed E-state index contributed by atoms with van der Waals surface area (Å²) in [6, 6.07) is 4.40. The Labute approximate surface area is 135 Å². The van der Waals surface area contributed by atoms with Gasteiger partial charge in [0.05, 0.1) is 0 Å². The second kappa shape index (κ2) is 6.34. The maximum absolute atomic E-state index is 9.13. The molecule has 0 unspecified atom stereocenters. The second-order valence-electron chi connectivity index (χ2n) is 6.45. The molecular weight excluding hydrogens is 290 g/mol. The molecule has 0 aromatic carbocycles. The number of pyridine rings is 1. The molecule has 2 aromatic rings. The highest BCUT2D eigenvalue weighted by Gasteiger charge is 2.26. The van der Waals surface area contributed by atoms with Gasteiger partial charge in [-0.05, 0) is 24.8 Å². The molecule has 7 heteroatoms. The minimum Gasteiger partial charge on any atom is -0.368 e. The summed E-state index contributed by atoms with van der Waals surface area (Å²) in [6.45, 7) is 5.00. The number of hydrogen-bond acceptors (Lipinski definition) is 7. The number of nitrogens with one attached hydrogen (secondary N) is 2. The van der Waals surface area contributed by atoms with Crippen molar-refractivity contribution in [2.24, 2.45) is 11.7 Å². The standard InChI is InChI=1S/C16H21N7/c1-9(2)7-19-15-14-10(3-13(6-17)21-15)8-20-16(23-14)22-12-4-11(18)5-12/h3,8-9,11-12H,4-5,7,18H2,1-2H3,(H,19,21)(H,20,22,23). The number of nitriles is 1. The normalized spacial score (nSPS) is 20.1. The molecule has 0 amide bonds. The fraction of sp³-hybridized carbons (Fsp3) is 0.500. The summed E-state index contributed by atoms with van der Waals surface area (Å²) in [5, 5.41) is 16.5. The summed E-state index contributed by atoms with van der Waals surface area (Å²) in [4.78, 5) is 13.3. The van der Waals surface area contributed by atoms with Crippen molar-refractivity contribution in [3.8, 4) is 6.07 Å². The van der Waals surface area contributed by atoms with Gasteiger partial charge < -0.3 is 16.4 Å². The molecule has 0 radical (unpaired) electrons. The van der Waals surface area contributed by atoms with Gasteiger partial charge in [0, 0.05) is 30.2 Å². The van der Waals surface area contributed by atoms with E-state index in [9.17, 15) is 0 Å². The molecule has 23 heavy (non-hydrogen) atoms. The van der Waals surface area contributed by atoms with Crippen LogP contribution >= 0.6 is 0 Å². The van der Waals surface area contributed by atoms with Gasteiger partial charge in [-0.2, -0.15) is 5.26 Å². The van der Waals surface area contributed by atoms with Crippen LogP contribution in [0.1, 0.15) is 32.4 Å². The molecule has 2 heterocycles. The van der Waals surface area contributed by atoms with Crippen molar-refractivity contribution in [3.63, 3.8) is 0 Å². The Balaban J connectivity index is 1.91. The summed E-state index contributed by atoms with van der Waals surface area (Å²) in [5.74, 6) is 1.67. The summed E-state index contributed by atoms with van der Waals surface area (Å²) in [6.07, 6.45) is 3.60. The van der Waals surface area contributed by atoms with Gasteiger partial charge >= 0.3 is 0 Å². The van der Waals surface area contributed by atoms with E-state index in [0.29, 0.717) is 29.4 Å². The number of hydrogen-bond donors (Lipinski definition) is 3. The molecule has 120 valence electrons. The predicted octanol–water partition coefficient (Wildman–Crippen LogP) is 1.87. The molecule has 1 saturated carbocycles. The first-order chi connectivity index (χ1) is 11.0. The van der Waals surface area contributed by atoms with Crippen LogP contribution in [0, 0.1) is 17.2 Å². The Morgan fingerprint density at radius 1 is 1.39 bits per heavy atom. The molecule has 0 spiro atoms. The van der Waals surface area contributed by atoms with Crippen LogP contribution in [0.4, 0.5) is 11.8 Å².